The minimum absolute atomic E-state index is 0.319. The highest BCUT2D eigenvalue weighted by molar-refractivity contribution is 9.13. The van der Waals surface area contributed by atoms with E-state index in [-0.39, 0.29) is 6.04 Å². The van der Waals surface area contributed by atoms with Crippen LogP contribution in [0.2, 0.25) is 0 Å². The van der Waals surface area contributed by atoms with Gasteiger partial charge in [-0.2, -0.15) is 0 Å². The van der Waals surface area contributed by atoms with Crippen LogP contribution >= 0.6 is 31.9 Å². The molecule has 3 atom stereocenters. The zero-order chi connectivity index (χ0) is 15.0. The SMILES string of the molecule is O=C(O)C1CC2CCCCC2N1Cc1ccc(Br)c(Br)c1. The average molecular weight is 417 g/mol. The number of hydrogen-bond acceptors (Lipinski definition) is 2. The average Bonchev–Trinajstić information content (AvgIpc) is 2.82. The molecular formula is C16H19Br2NO2. The molecule has 2 aliphatic rings. The first kappa shape index (κ1) is 15.5. The summed E-state index contributed by atoms with van der Waals surface area (Å²) in [5, 5.41) is 9.55. The molecule has 2 fully saturated rings. The van der Waals surface area contributed by atoms with Gasteiger partial charge in [0, 0.05) is 21.5 Å². The van der Waals surface area contributed by atoms with E-state index in [0.29, 0.717) is 12.0 Å². The number of hydrogen-bond donors (Lipinski definition) is 1. The predicted molar refractivity (Wildman–Crippen MR) is 89.2 cm³/mol. The number of rotatable bonds is 3. The van der Waals surface area contributed by atoms with Crippen molar-refractivity contribution >= 4 is 37.8 Å². The number of carboxylic acids is 1. The molecule has 0 bridgehead atoms. The summed E-state index contributed by atoms with van der Waals surface area (Å²) >= 11 is 7.00. The Morgan fingerprint density at radius 2 is 2.00 bits per heavy atom. The highest BCUT2D eigenvalue weighted by Crippen LogP contribution is 2.40. The first-order chi connectivity index (χ1) is 10.1. The normalized spacial score (nSPS) is 29.3. The zero-order valence-electron chi connectivity index (χ0n) is 11.8. The second-order valence-electron chi connectivity index (χ2n) is 6.12. The molecule has 0 radical (unpaired) electrons. The smallest absolute Gasteiger partial charge is 0.320 e. The van der Waals surface area contributed by atoms with Gasteiger partial charge in [-0.15, -0.1) is 0 Å². The summed E-state index contributed by atoms with van der Waals surface area (Å²) in [6.45, 7) is 0.726. The minimum Gasteiger partial charge on any atom is -0.480 e. The van der Waals surface area contributed by atoms with Gasteiger partial charge in [0.25, 0.3) is 0 Å². The molecule has 3 rings (SSSR count). The van der Waals surface area contributed by atoms with Crippen molar-refractivity contribution in [2.24, 2.45) is 5.92 Å². The lowest BCUT2D eigenvalue weighted by molar-refractivity contribution is -0.142. The van der Waals surface area contributed by atoms with Crippen LogP contribution in [0.25, 0.3) is 0 Å². The number of carboxylic acid groups (broad SMARTS) is 1. The Labute approximate surface area is 142 Å². The maximum absolute atomic E-state index is 11.6. The van der Waals surface area contributed by atoms with Gasteiger partial charge in [0.15, 0.2) is 0 Å². The predicted octanol–water partition coefficient (Wildman–Crippen LogP) is 4.43. The van der Waals surface area contributed by atoms with Crippen LogP contribution in [0.5, 0.6) is 0 Å². The molecule has 1 aromatic carbocycles. The van der Waals surface area contributed by atoms with Gasteiger partial charge >= 0.3 is 5.97 Å². The standard InChI is InChI=1S/C16H19Br2NO2/c17-12-6-5-10(7-13(12)18)9-19-14-4-2-1-3-11(14)8-15(19)16(20)21/h5-7,11,14-15H,1-4,8-9H2,(H,20,21). The first-order valence-electron chi connectivity index (χ1n) is 7.48. The lowest BCUT2D eigenvalue weighted by Gasteiger charge is -2.33. The van der Waals surface area contributed by atoms with Crippen LogP contribution in [0.1, 0.15) is 37.7 Å². The largest absolute Gasteiger partial charge is 0.480 e. The fourth-order valence-electron chi connectivity index (χ4n) is 3.87. The Morgan fingerprint density at radius 3 is 2.71 bits per heavy atom. The van der Waals surface area contributed by atoms with E-state index in [1.54, 1.807) is 0 Å². The molecule has 1 aliphatic carbocycles. The third-order valence-electron chi connectivity index (χ3n) is 4.86. The Morgan fingerprint density at radius 1 is 1.24 bits per heavy atom. The van der Waals surface area contributed by atoms with Crippen molar-refractivity contribution in [3.05, 3.63) is 32.7 Å². The molecular weight excluding hydrogens is 398 g/mol. The van der Waals surface area contributed by atoms with E-state index in [9.17, 15) is 9.90 Å². The Hall–Kier alpha value is -0.390. The van der Waals surface area contributed by atoms with Gasteiger partial charge in [-0.1, -0.05) is 18.9 Å². The first-order valence-corrected chi connectivity index (χ1v) is 9.07. The molecule has 3 nitrogen and oxygen atoms in total. The Bertz CT molecular complexity index is 549. The summed E-state index contributed by atoms with van der Waals surface area (Å²) in [5.74, 6) is -0.0979. The van der Waals surface area contributed by atoms with E-state index in [1.807, 2.05) is 6.07 Å². The van der Waals surface area contributed by atoms with Crippen molar-refractivity contribution < 1.29 is 9.90 Å². The number of benzene rings is 1. The third-order valence-corrected chi connectivity index (χ3v) is 6.74. The quantitative estimate of drug-likeness (QED) is 0.792. The number of nitrogens with zero attached hydrogens (tertiary/aromatic N) is 1. The maximum atomic E-state index is 11.6. The van der Waals surface area contributed by atoms with E-state index in [2.05, 4.69) is 48.9 Å². The third kappa shape index (κ3) is 3.20. The van der Waals surface area contributed by atoms with Gasteiger partial charge in [-0.3, -0.25) is 9.69 Å². The summed E-state index contributed by atoms with van der Waals surface area (Å²) in [4.78, 5) is 13.8. The minimum atomic E-state index is -0.666. The van der Waals surface area contributed by atoms with Crippen LogP contribution in [-0.2, 0) is 11.3 Å². The van der Waals surface area contributed by atoms with Gasteiger partial charge in [0.05, 0.1) is 0 Å². The van der Waals surface area contributed by atoms with Gasteiger partial charge in [-0.05, 0) is 74.7 Å². The number of halogens is 2. The van der Waals surface area contributed by atoms with Crippen molar-refractivity contribution in [2.45, 2.75) is 50.7 Å². The fraction of sp³-hybridized carbons (Fsp3) is 0.562. The van der Waals surface area contributed by atoms with E-state index in [0.717, 1.165) is 28.3 Å². The Kier molecular flexibility index (Phi) is 4.71. The molecule has 1 aromatic rings. The van der Waals surface area contributed by atoms with Gasteiger partial charge < -0.3 is 5.11 Å². The number of aliphatic carboxylic acids is 1. The topological polar surface area (TPSA) is 40.5 Å². The van der Waals surface area contributed by atoms with E-state index >= 15 is 0 Å². The van der Waals surface area contributed by atoms with Crippen LogP contribution in [0.4, 0.5) is 0 Å². The lowest BCUT2D eigenvalue weighted by Crippen LogP contribution is -2.41. The second-order valence-corrected chi connectivity index (χ2v) is 7.83. The van der Waals surface area contributed by atoms with Crippen LogP contribution in [0.3, 0.4) is 0 Å². The molecule has 1 N–H and O–H groups in total. The van der Waals surface area contributed by atoms with Gasteiger partial charge in [0.1, 0.15) is 6.04 Å². The van der Waals surface area contributed by atoms with Gasteiger partial charge in [-0.25, -0.2) is 0 Å². The highest BCUT2D eigenvalue weighted by Gasteiger charge is 2.44. The molecule has 3 unspecified atom stereocenters. The highest BCUT2D eigenvalue weighted by atomic mass is 79.9. The summed E-state index contributed by atoms with van der Waals surface area (Å²) in [6.07, 6.45) is 5.64. The molecule has 114 valence electrons. The number of carbonyl (C=O) groups is 1. The van der Waals surface area contributed by atoms with E-state index in [1.165, 1.54) is 24.8 Å². The van der Waals surface area contributed by atoms with E-state index in [4.69, 9.17) is 0 Å². The van der Waals surface area contributed by atoms with Crippen molar-refractivity contribution in [1.29, 1.82) is 0 Å². The van der Waals surface area contributed by atoms with Crippen molar-refractivity contribution in [2.75, 3.05) is 0 Å². The van der Waals surface area contributed by atoms with Crippen molar-refractivity contribution in [3.63, 3.8) is 0 Å². The summed E-state index contributed by atoms with van der Waals surface area (Å²) in [7, 11) is 0. The summed E-state index contributed by atoms with van der Waals surface area (Å²) in [5.41, 5.74) is 1.17. The monoisotopic (exact) mass is 415 g/mol. The lowest BCUT2D eigenvalue weighted by atomic mass is 9.84. The Balaban J connectivity index is 1.82. The van der Waals surface area contributed by atoms with Crippen LogP contribution in [0, 0.1) is 5.92 Å². The molecule has 0 aromatic heterocycles. The molecule has 0 spiro atoms. The maximum Gasteiger partial charge on any atom is 0.320 e. The van der Waals surface area contributed by atoms with Crippen molar-refractivity contribution in [3.8, 4) is 0 Å². The van der Waals surface area contributed by atoms with Crippen LogP contribution in [0.15, 0.2) is 27.1 Å². The van der Waals surface area contributed by atoms with E-state index < -0.39 is 5.97 Å². The molecule has 0 amide bonds. The number of fused-ring (bicyclic) bond motifs is 1. The molecule has 1 heterocycles. The zero-order valence-corrected chi connectivity index (χ0v) is 14.9. The second kappa shape index (κ2) is 6.39. The summed E-state index contributed by atoms with van der Waals surface area (Å²) < 4.78 is 2.05. The molecule has 5 heteroatoms. The fourth-order valence-corrected chi connectivity index (χ4v) is 4.54. The van der Waals surface area contributed by atoms with Crippen molar-refractivity contribution in [1.82, 2.24) is 4.90 Å². The van der Waals surface area contributed by atoms with Gasteiger partial charge in [0.2, 0.25) is 0 Å². The molecule has 21 heavy (non-hydrogen) atoms. The number of likely N-dealkylation sites (tertiary alicyclic amines) is 1. The molecule has 1 aliphatic heterocycles. The molecule has 1 saturated heterocycles. The summed E-state index contributed by atoms with van der Waals surface area (Å²) in [6, 6.07) is 6.30. The van der Waals surface area contributed by atoms with Crippen LogP contribution < -0.4 is 0 Å². The van der Waals surface area contributed by atoms with Crippen LogP contribution in [-0.4, -0.2) is 28.1 Å². The molecule has 1 saturated carbocycles.